The molecule has 1 aliphatic carbocycles. The summed E-state index contributed by atoms with van der Waals surface area (Å²) in [5.41, 5.74) is 2.06. The Morgan fingerprint density at radius 2 is 1.79 bits per heavy atom. The maximum absolute atomic E-state index is 12.4. The van der Waals surface area contributed by atoms with Crippen molar-refractivity contribution in [3.8, 4) is 0 Å². The van der Waals surface area contributed by atoms with Gasteiger partial charge in [0.1, 0.15) is 0 Å². The highest BCUT2D eigenvalue weighted by atomic mass is 16.2. The van der Waals surface area contributed by atoms with Crippen LogP contribution in [0.5, 0.6) is 0 Å². The molecule has 2 aromatic rings. The summed E-state index contributed by atoms with van der Waals surface area (Å²) in [6, 6.07) is 7.45. The van der Waals surface area contributed by atoms with Gasteiger partial charge < -0.3 is 4.57 Å². The van der Waals surface area contributed by atoms with Gasteiger partial charge in [-0.25, -0.2) is 0 Å². The number of para-hydroxylation sites is 1. The Hall–Kier alpha value is -1.90. The lowest BCUT2D eigenvalue weighted by Crippen LogP contribution is -2.27. The number of aromatic nitrogens is 1. The summed E-state index contributed by atoms with van der Waals surface area (Å²) < 4.78 is 2.15. The van der Waals surface area contributed by atoms with Crippen molar-refractivity contribution in [2.45, 2.75) is 39.2 Å². The number of aryl methyl sites for hydroxylation is 1. The van der Waals surface area contributed by atoms with E-state index in [0.29, 0.717) is 5.39 Å². The predicted octanol–water partition coefficient (Wildman–Crippen LogP) is 2.26. The van der Waals surface area contributed by atoms with Gasteiger partial charge >= 0.3 is 0 Å². The standard InChI is InChI=1S/C16H17NO2/c1-2-17-13-9-5-3-7-11(13)15(18)16(19)12-8-4-6-10-14(12)17/h3,5,7,9H,2,4,6,8,10H2,1H3. The van der Waals surface area contributed by atoms with Gasteiger partial charge in [-0.15, -0.1) is 0 Å². The lowest BCUT2D eigenvalue weighted by Gasteiger charge is -2.18. The van der Waals surface area contributed by atoms with Crippen LogP contribution in [0.2, 0.25) is 0 Å². The van der Waals surface area contributed by atoms with E-state index in [4.69, 9.17) is 0 Å². The molecule has 0 atom stereocenters. The third-order valence-electron chi connectivity index (χ3n) is 4.00. The van der Waals surface area contributed by atoms with Gasteiger partial charge in [0.05, 0.1) is 5.52 Å². The van der Waals surface area contributed by atoms with Crippen molar-refractivity contribution in [1.82, 2.24) is 4.57 Å². The maximum Gasteiger partial charge on any atom is 0.235 e. The Labute approximate surface area is 111 Å². The van der Waals surface area contributed by atoms with Crippen LogP contribution in [0.25, 0.3) is 10.9 Å². The minimum atomic E-state index is -0.346. The molecular formula is C16H17NO2. The van der Waals surface area contributed by atoms with Crippen LogP contribution in [0, 0.1) is 0 Å². The highest BCUT2D eigenvalue weighted by Crippen LogP contribution is 2.20. The Balaban J connectivity index is 2.62. The Morgan fingerprint density at radius 3 is 2.58 bits per heavy atom. The first-order chi connectivity index (χ1) is 9.24. The number of nitrogens with zero attached hydrogens (tertiary/aromatic N) is 1. The summed E-state index contributed by atoms with van der Waals surface area (Å²) in [6.45, 7) is 2.85. The van der Waals surface area contributed by atoms with Crippen molar-refractivity contribution < 1.29 is 0 Å². The summed E-state index contributed by atoms with van der Waals surface area (Å²) >= 11 is 0. The van der Waals surface area contributed by atoms with Crippen LogP contribution in [0.3, 0.4) is 0 Å². The molecular weight excluding hydrogens is 238 g/mol. The summed E-state index contributed by atoms with van der Waals surface area (Å²) in [7, 11) is 0. The molecule has 19 heavy (non-hydrogen) atoms. The fourth-order valence-corrected chi connectivity index (χ4v) is 3.10. The molecule has 1 aromatic heterocycles. The second kappa shape index (κ2) is 4.65. The number of benzene rings is 1. The third kappa shape index (κ3) is 1.81. The van der Waals surface area contributed by atoms with E-state index >= 15 is 0 Å². The molecule has 0 saturated heterocycles. The summed E-state index contributed by atoms with van der Waals surface area (Å²) in [6.07, 6.45) is 3.74. The predicted molar refractivity (Wildman–Crippen MR) is 76.8 cm³/mol. The number of rotatable bonds is 1. The average molecular weight is 255 g/mol. The minimum Gasteiger partial charge on any atom is -0.344 e. The largest absolute Gasteiger partial charge is 0.344 e. The maximum atomic E-state index is 12.4. The van der Waals surface area contributed by atoms with Crippen LogP contribution in [0.1, 0.15) is 31.0 Å². The van der Waals surface area contributed by atoms with E-state index in [0.717, 1.165) is 49.0 Å². The monoisotopic (exact) mass is 255 g/mol. The van der Waals surface area contributed by atoms with Crippen molar-refractivity contribution >= 4 is 10.9 Å². The van der Waals surface area contributed by atoms with Gasteiger partial charge in [0.2, 0.25) is 10.9 Å². The molecule has 0 saturated carbocycles. The Kier molecular flexibility index (Phi) is 2.97. The highest BCUT2D eigenvalue weighted by molar-refractivity contribution is 5.78. The molecule has 3 rings (SSSR count). The van der Waals surface area contributed by atoms with Gasteiger partial charge in [-0.3, -0.25) is 9.59 Å². The molecule has 0 unspecified atom stereocenters. The molecule has 0 amide bonds. The zero-order valence-corrected chi connectivity index (χ0v) is 11.1. The second-order valence-electron chi connectivity index (χ2n) is 5.05. The van der Waals surface area contributed by atoms with Crippen LogP contribution in [0.4, 0.5) is 0 Å². The Morgan fingerprint density at radius 1 is 1.05 bits per heavy atom. The van der Waals surface area contributed by atoms with Gasteiger partial charge in [-0.05, 0) is 44.7 Å². The van der Waals surface area contributed by atoms with Gasteiger partial charge in [-0.1, -0.05) is 12.1 Å². The van der Waals surface area contributed by atoms with E-state index in [2.05, 4.69) is 11.5 Å². The van der Waals surface area contributed by atoms with Crippen molar-refractivity contribution in [3.05, 3.63) is 56.0 Å². The molecule has 0 fully saturated rings. The molecule has 3 heteroatoms. The van der Waals surface area contributed by atoms with Crippen molar-refractivity contribution in [1.29, 1.82) is 0 Å². The van der Waals surface area contributed by atoms with Gasteiger partial charge in [0.15, 0.2) is 0 Å². The second-order valence-corrected chi connectivity index (χ2v) is 5.05. The highest BCUT2D eigenvalue weighted by Gasteiger charge is 2.18. The van der Waals surface area contributed by atoms with E-state index in [1.807, 2.05) is 18.2 Å². The van der Waals surface area contributed by atoms with Crippen LogP contribution in [0.15, 0.2) is 33.9 Å². The molecule has 0 aliphatic heterocycles. The number of hydrogen-bond donors (Lipinski definition) is 0. The third-order valence-corrected chi connectivity index (χ3v) is 4.00. The summed E-state index contributed by atoms with van der Waals surface area (Å²) in [5.74, 6) is 0. The van der Waals surface area contributed by atoms with E-state index in [1.54, 1.807) is 6.07 Å². The van der Waals surface area contributed by atoms with Gasteiger partial charge in [0.25, 0.3) is 0 Å². The molecule has 0 radical (unpaired) electrons. The fraction of sp³-hybridized carbons (Fsp3) is 0.375. The summed E-state index contributed by atoms with van der Waals surface area (Å²) in [4.78, 5) is 24.7. The average Bonchev–Trinajstić information content (AvgIpc) is 2.55. The quantitative estimate of drug-likeness (QED) is 0.733. The molecule has 0 spiro atoms. The minimum absolute atomic E-state index is 0.293. The van der Waals surface area contributed by atoms with Crippen LogP contribution in [-0.4, -0.2) is 4.57 Å². The first kappa shape index (κ1) is 12.2. The Bertz CT molecular complexity index is 759. The molecule has 0 bridgehead atoms. The SMILES string of the molecule is CCn1c2c(c(=O)c(=O)c3ccccc31)CCCC2. The van der Waals surface area contributed by atoms with Crippen molar-refractivity contribution in [2.24, 2.45) is 0 Å². The molecule has 3 nitrogen and oxygen atoms in total. The normalized spacial score (nSPS) is 14.4. The van der Waals surface area contributed by atoms with Crippen LogP contribution >= 0.6 is 0 Å². The number of fused-ring (bicyclic) bond motifs is 2. The van der Waals surface area contributed by atoms with Crippen molar-refractivity contribution in [2.75, 3.05) is 0 Å². The molecule has 1 aromatic carbocycles. The summed E-state index contributed by atoms with van der Waals surface area (Å²) in [5, 5.41) is 0.545. The van der Waals surface area contributed by atoms with E-state index < -0.39 is 0 Å². The molecule has 0 N–H and O–H groups in total. The first-order valence-corrected chi connectivity index (χ1v) is 6.91. The van der Waals surface area contributed by atoms with Crippen LogP contribution < -0.4 is 10.9 Å². The fourth-order valence-electron chi connectivity index (χ4n) is 3.10. The molecule has 1 heterocycles. The first-order valence-electron chi connectivity index (χ1n) is 6.91. The smallest absolute Gasteiger partial charge is 0.235 e. The van der Waals surface area contributed by atoms with E-state index in [1.165, 1.54) is 0 Å². The van der Waals surface area contributed by atoms with Gasteiger partial charge in [0, 0.05) is 23.2 Å². The zero-order valence-electron chi connectivity index (χ0n) is 11.1. The lowest BCUT2D eigenvalue weighted by molar-refractivity contribution is 0.617. The van der Waals surface area contributed by atoms with Crippen LogP contribution in [-0.2, 0) is 19.4 Å². The van der Waals surface area contributed by atoms with E-state index in [9.17, 15) is 9.59 Å². The molecule has 1 aliphatic rings. The lowest BCUT2D eigenvalue weighted by atomic mass is 9.96. The van der Waals surface area contributed by atoms with Crippen molar-refractivity contribution in [3.63, 3.8) is 0 Å². The molecule has 98 valence electrons. The van der Waals surface area contributed by atoms with E-state index in [-0.39, 0.29) is 10.9 Å². The topological polar surface area (TPSA) is 39.1 Å². The zero-order chi connectivity index (χ0) is 13.4. The number of hydrogen-bond acceptors (Lipinski definition) is 2. The van der Waals surface area contributed by atoms with Gasteiger partial charge in [-0.2, -0.15) is 0 Å².